The molecule has 4 nitrogen and oxygen atoms in total. The fourth-order valence-corrected chi connectivity index (χ4v) is 3.32. The van der Waals surface area contributed by atoms with Crippen LogP contribution in [0, 0.1) is 5.41 Å². The molecule has 24 heavy (non-hydrogen) atoms. The summed E-state index contributed by atoms with van der Waals surface area (Å²) in [5.41, 5.74) is 2.07. The van der Waals surface area contributed by atoms with Crippen LogP contribution in [-0.2, 0) is 25.7 Å². The summed E-state index contributed by atoms with van der Waals surface area (Å²) in [6, 6.07) is 9.60. The van der Waals surface area contributed by atoms with Crippen molar-refractivity contribution in [2.45, 2.75) is 52.6 Å². The summed E-state index contributed by atoms with van der Waals surface area (Å²) in [6.45, 7) is 4.46. The van der Waals surface area contributed by atoms with Crippen LogP contribution in [0.25, 0.3) is 0 Å². The van der Waals surface area contributed by atoms with Crippen molar-refractivity contribution >= 4 is 11.9 Å². The molecule has 1 saturated heterocycles. The Labute approximate surface area is 143 Å². The Hall–Kier alpha value is -2.10. The van der Waals surface area contributed by atoms with Gasteiger partial charge < -0.3 is 9.47 Å². The number of ether oxygens (including phenoxy) is 2. The standard InChI is InChI=1S/C11H16O2.C9H10O2/c1-2-6-11-7-4-3-5-9(11)8-13-10(11)12;1-8(10)11-7-9-5-3-2-4-6-9/h5H,2-4,6-8H2,1H3;2-6H,7H2,1H3. The maximum absolute atomic E-state index is 11.7. The molecule has 4 heteroatoms. The van der Waals surface area contributed by atoms with Crippen LogP contribution in [0.3, 0.4) is 0 Å². The van der Waals surface area contributed by atoms with Gasteiger partial charge in [-0.2, -0.15) is 0 Å². The Balaban J connectivity index is 0.000000177. The number of allylic oxidation sites excluding steroid dienone is 1. The lowest BCUT2D eigenvalue weighted by Crippen LogP contribution is -2.29. The molecule has 0 amide bonds. The zero-order valence-electron chi connectivity index (χ0n) is 14.5. The summed E-state index contributed by atoms with van der Waals surface area (Å²) in [5.74, 6) is -0.214. The van der Waals surface area contributed by atoms with Crippen molar-refractivity contribution in [1.29, 1.82) is 0 Å². The minimum Gasteiger partial charge on any atom is -0.461 e. The first kappa shape index (κ1) is 18.2. The second-order valence-electron chi connectivity index (χ2n) is 6.30. The van der Waals surface area contributed by atoms with Crippen LogP contribution >= 0.6 is 0 Å². The van der Waals surface area contributed by atoms with E-state index in [-0.39, 0.29) is 17.4 Å². The molecule has 130 valence electrons. The second kappa shape index (κ2) is 8.67. The van der Waals surface area contributed by atoms with E-state index in [4.69, 9.17) is 9.47 Å². The highest BCUT2D eigenvalue weighted by molar-refractivity contribution is 5.84. The Kier molecular flexibility index (Phi) is 6.59. The van der Waals surface area contributed by atoms with Crippen LogP contribution < -0.4 is 0 Å². The summed E-state index contributed by atoms with van der Waals surface area (Å²) in [5, 5.41) is 0. The first-order valence-electron chi connectivity index (χ1n) is 8.62. The van der Waals surface area contributed by atoms with E-state index in [1.165, 1.54) is 12.5 Å². The number of hydrogen-bond acceptors (Lipinski definition) is 4. The molecular formula is C20H26O4. The van der Waals surface area contributed by atoms with E-state index >= 15 is 0 Å². The van der Waals surface area contributed by atoms with Crippen molar-refractivity contribution in [3.8, 4) is 0 Å². The third-order valence-electron chi connectivity index (χ3n) is 4.52. The van der Waals surface area contributed by atoms with E-state index in [2.05, 4.69) is 13.0 Å². The first-order chi connectivity index (χ1) is 11.6. The van der Waals surface area contributed by atoms with Crippen molar-refractivity contribution in [2.24, 2.45) is 5.41 Å². The van der Waals surface area contributed by atoms with E-state index in [1.54, 1.807) is 0 Å². The monoisotopic (exact) mass is 330 g/mol. The lowest BCUT2D eigenvalue weighted by molar-refractivity contribution is -0.146. The highest BCUT2D eigenvalue weighted by Crippen LogP contribution is 2.46. The normalized spacial score (nSPS) is 21.8. The Morgan fingerprint density at radius 1 is 1.29 bits per heavy atom. The number of benzene rings is 1. The zero-order valence-corrected chi connectivity index (χ0v) is 14.5. The maximum atomic E-state index is 11.7. The van der Waals surface area contributed by atoms with Gasteiger partial charge in [0.1, 0.15) is 13.2 Å². The van der Waals surface area contributed by atoms with Crippen LogP contribution in [0.15, 0.2) is 42.0 Å². The second-order valence-corrected chi connectivity index (χ2v) is 6.30. The van der Waals surface area contributed by atoms with Crippen molar-refractivity contribution in [2.75, 3.05) is 6.61 Å². The van der Waals surface area contributed by atoms with Gasteiger partial charge in [0.2, 0.25) is 0 Å². The lowest BCUT2D eigenvalue weighted by Gasteiger charge is -2.28. The van der Waals surface area contributed by atoms with Crippen molar-refractivity contribution in [3.05, 3.63) is 47.5 Å². The molecule has 0 aromatic heterocycles. The molecule has 1 fully saturated rings. The number of carbonyl (C=O) groups is 2. The smallest absolute Gasteiger partial charge is 0.316 e. The Morgan fingerprint density at radius 2 is 2.04 bits per heavy atom. The fraction of sp³-hybridized carbons (Fsp3) is 0.500. The van der Waals surface area contributed by atoms with Gasteiger partial charge in [0, 0.05) is 6.92 Å². The van der Waals surface area contributed by atoms with Crippen LogP contribution in [0.4, 0.5) is 0 Å². The topological polar surface area (TPSA) is 52.6 Å². The fourth-order valence-electron chi connectivity index (χ4n) is 3.32. The molecular weight excluding hydrogens is 304 g/mol. The molecule has 1 atom stereocenters. The van der Waals surface area contributed by atoms with Gasteiger partial charge in [-0.05, 0) is 36.8 Å². The van der Waals surface area contributed by atoms with Crippen molar-refractivity contribution in [3.63, 3.8) is 0 Å². The third-order valence-corrected chi connectivity index (χ3v) is 4.52. The van der Waals surface area contributed by atoms with E-state index in [1.807, 2.05) is 30.3 Å². The van der Waals surface area contributed by atoms with E-state index < -0.39 is 0 Å². The SMILES string of the molecule is CC(=O)OCc1ccccc1.CCCC12CCCC=C1COC2=O. The maximum Gasteiger partial charge on any atom is 0.316 e. The van der Waals surface area contributed by atoms with Crippen LogP contribution in [0.5, 0.6) is 0 Å². The highest BCUT2D eigenvalue weighted by atomic mass is 16.5. The molecule has 0 radical (unpaired) electrons. The number of cyclic esters (lactones) is 1. The molecule has 0 spiro atoms. The highest BCUT2D eigenvalue weighted by Gasteiger charge is 2.48. The van der Waals surface area contributed by atoms with Gasteiger partial charge in [0.05, 0.1) is 5.41 Å². The van der Waals surface area contributed by atoms with Crippen molar-refractivity contribution in [1.82, 2.24) is 0 Å². The predicted molar refractivity (Wildman–Crippen MR) is 92.1 cm³/mol. The Morgan fingerprint density at radius 3 is 2.71 bits per heavy atom. The lowest BCUT2D eigenvalue weighted by atomic mass is 9.71. The average molecular weight is 330 g/mol. The molecule has 1 aliphatic heterocycles. The van der Waals surface area contributed by atoms with Crippen LogP contribution in [0.2, 0.25) is 0 Å². The van der Waals surface area contributed by atoms with Gasteiger partial charge >= 0.3 is 11.9 Å². The van der Waals surface area contributed by atoms with Gasteiger partial charge in [0.25, 0.3) is 0 Å². The third kappa shape index (κ3) is 4.47. The summed E-state index contributed by atoms with van der Waals surface area (Å²) < 4.78 is 9.94. The number of rotatable bonds is 4. The van der Waals surface area contributed by atoms with Crippen LogP contribution in [0.1, 0.15) is 51.5 Å². The molecule has 0 saturated carbocycles. The molecule has 1 aromatic carbocycles. The molecule has 1 aromatic rings. The minimum absolute atomic E-state index is 0.0281. The van der Waals surface area contributed by atoms with E-state index in [0.717, 1.165) is 37.7 Å². The average Bonchev–Trinajstić information content (AvgIpc) is 2.92. The van der Waals surface area contributed by atoms with Crippen LogP contribution in [-0.4, -0.2) is 18.5 Å². The molecule has 1 heterocycles. The molecule has 1 unspecified atom stereocenters. The number of esters is 2. The van der Waals surface area contributed by atoms with Gasteiger partial charge in [-0.15, -0.1) is 0 Å². The Bertz CT molecular complexity index is 591. The minimum atomic E-state index is -0.242. The molecule has 2 aliphatic rings. The van der Waals surface area contributed by atoms with Crippen molar-refractivity contribution < 1.29 is 19.1 Å². The zero-order chi connectivity index (χ0) is 17.4. The molecule has 0 bridgehead atoms. The van der Waals surface area contributed by atoms with E-state index in [0.29, 0.717) is 13.2 Å². The molecule has 0 N–H and O–H groups in total. The summed E-state index contributed by atoms with van der Waals surface area (Å²) >= 11 is 0. The number of fused-ring (bicyclic) bond motifs is 1. The quantitative estimate of drug-likeness (QED) is 0.613. The largest absolute Gasteiger partial charge is 0.461 e. The van der Waals surface area contributed by atoms with Gasteiger partial charge in [-0.1, -0.05) is 49.8 Å². The number of carbonyl (C=O) groups excluding carboxylic acids is 2. The number of hydrogen-bond donors (Lipinski definition) is 0. The predicted octanol–water partition coefficient (Wildman–Crippen LogP) is 4.19. The van der Waals surface area contributed by atoms with Gasteiger partial charge in [-0.3, -0.25) is 9.59 Å². The first-order valence-corrected chi connectivity index (χ1v) is 8.62. The van der Waals surface area contributed by atoms with Gasteiger partial charge in [0.15, 0.2) is 0 Å². The molecule has 3 rings (SSSR count). The summed E-state index contributed by atoms with van der Waals surface area (Å²) in [4.78, 5) is 22.1. The van der Waals surface area contributed by atoms with Gasteiger partial charge in [-0.25, -0.2) is 0 Å². The van der Waals surface area contributed by atoms with E-state index in [9.17, 15) is 9.59 Å². The summed E-state index contributed by atoms with van der Waals surface area (Å²) in [6.07, 6.45) is 7.51. The molecule has 1 aliphatic carbocycles. The summed E-state index contributed by atoms with van der Waals surface area (Å²) in [7, 11) is 0.